The van der Waals surface area contributed by atoms with Gasteiger partial charge < -0.3 is 9.47 Å². The third-order valence-electron chi connectivity index (χ3n) is 5.16. The van der Waals surface area contributed by atoms with Crippen molar-refractivity contribution in [1.29, 1.82) is 0 Å². The number of carbonyl (C=O) groups excluding carboxylic acids is 2. The molecule has 164 valence electrons. The van der Waals surface area contributed by atoms with Gasteiger partial charge in [0, 0.05) is 7.05 Å². The van der Waals surface area contributed by atoms with Crippen LogP contribution < -0.4 is 0 Å². The van der Waals surface area contributed by atoms with Crippen LogP contribution in [0.5, 0.6) is 0 Å². The van der Waals surface area contributed by atoms with Crippen molar-refractivity contribution in [3.05, 3.63) is 35.9 Å². The Morgan fingerprint density at radius 2 is 1.41 bits per heavy atom. The number of rotatable bonds is 15. The van der Waals surface area contributed by atoms with E-state index in [0.29, 0.717) is 6.61 Å². The van der Waals surface area contributed by atoms with Gasteiger partial charge in [-0.1, -0.05) is 95.0 Å². The Hall–Kier alpha value is -2.04. The van der Waals surface area contributed by atoms with Gasteiger partial charge in [0.2, 0.25) is 0 Å². The maximum absolute atomic E-state index is 12.2. The monoisotopic (exact) mass is 405 g/mol. The number of hydrogen-bond donors (Lipinski definition) is 0. The molecule has 1 rings (SSSR count). The second-order valence-electron chi connectivity index (χ2n) is 7.68. The molecule has 0 saturated carbocycles. The molecule has 1 aromatic carbocycles. The number of carbonyl (C=O) groups is 2. The third kappa shape index (κ3) is 11.5. The van der Waals surface area contributed by atoms with Crippen LogP contribution in [0.2, 0.25) is 0 Å². The van der Waals surface area contributed by atoms with Crippen molar-refractivity contribution in [3.8, 4) is 0 Å². The van der Waals surface area contributed by atoms with Crippen LogP contribution in [0.15, 0.2) is 30.3 Å². The molecule has 0 aliphatic carbocycles. The van der Waals surface area contributed by atoms with Crippen LogP contribution in [0.3, 0.4) is 0 Å². The number of hydrogen-bond acceptors (Lipinski definition) is 4. The van der Waals surface area contributed by atoms with E-state index in [9.17, 15) is 9.59 Å². The molecule has 0 heterocycles. The van der Waals surface area contributed by atoms with E-state index in [2.05, 4.69) is 6.92 Å². The Balaban J connectivity index is 2.08. The molecule has 0 aliphatic rings. The summed E-state index contributed by atoms with van der Waals surface area (Å²) in [7, 11) is 1.56. The van der Waals surface area contributed by atoms with Gasteiger partial charge in [0.25, 0.3) is 0 Å². The van der Waals surface area contributed by atoms with Crippen molar-refractivity contribution >= 4 is 12.1 Å². The second-order valence-corrected chi connectivity index (χ2v) is 7.68. The van der Waals surface area contributed by atoms with Crippen molar-refractivity contribution in [2.75, 3.05) is 13.7 Å². The van der Waals surface area contributed by atoms with Gasteiger partial charge in [0.1, 0.15) is 12.6 Å². The summed E-state index contributed by atoms with van der Waals surface area (Å²) in [5, 5.41) is 0. The Labute approximate surface area is 176 Å². The lowest BCUT2D eigenvalue weighted by Gasteiger charge is -2.22. The van der Waals surface area contributed by atoms with Crippen LogP contribution in [0.25, 0.3) is 0 Å². The van der Waals surface area contributed by atoms with E-state index in [1.54, 1.807) is 14.0 Å². The highest BCUT2D eigenvalue weighted by Gasteiger charge is 2.24. The van der Waals surface area contributed by atoms with E-state index in [4.69, 9.17) is 9.47 Å². The van der Waals surface area contributed by atoms with Crippen molar-refractivity contribution in [3.63, 3.8) is 0 Å². The molecule has 0 bridgehead atoms. The summed E-state index contributed by atoms with van der Waals surface area (Å²) in [5.41, 5.74) is 0.908. The van der Waals surface area contributed by atoms with Crippen molar-refractivity contribution in [2.45, 2.75) is 90.7 Å². The Morgan fingerprint density at radius 1 is 0.862 bits per heavy atom. The van der Waals surface area contributed by atoms with Gasteiger partial charge in [-0.05, 0) is 18.9 Å². The van der Waals surface area contributed by atoms with Gasteiger partial charge in [-0.15, -0.1) is 0 Å². The maximum Gasteiger partial charge on any atom is 0.410 e. The molecule has 5 nitrogen and oxygen atoms in total. The first-order valence-corrected chi connectivity index (χ1v) is 11.2. The van der Waals surface area contributed by atoms with Gasteiger partial charge in [0.05, 0.1) is 6.61 Å². The van der Waals surface area contributed by atoms with E-state index < -0.39 is 12.1 Å². The van der Waals surface area contributed by atoms with Crippen LogP contribution in [0, 0.1) is 0 Å². The molecule has 0 fully saturated rings. The standard InChI is InChI=1S/C24H39NO4/c1-4-5-6-7-8-9-10-11-12-16-19-28-23(26)21(2)25(3)24(27)29-20-22-17-14-13-15-18-22/h13-15,17-18,21H,4-12,16,19-20H2,1-3H3. The largest absolute Gasteiger partial charge is 0.464 e. The summed E-state index contributed by atoms with van der Waals surface area (Å²) in [5.74, 6) is -0.389. The summed E-state index contributed by atoms with van der Waals surface area (Å²) in [6.07, 6.45) is 11.9. The van der Waals surface area contributed by atoms with E-state index in [-0.39, 0.29) is 12.6 Å². The minimum atomic E-state index is -0.665. The molecular weight excluding hydrogens is 366 g/mol. The maximum atomic E-state index is 12.2. The zero-order valence-corrected chi connectivity index (χ0v) is 18.5. The molecule has 0 radical (unpaired) electrons. The first-order valence-electron chi connectivity index (χ1n) is 11.2. The first-order chi connectivity index (χ1) is 14.1. The lowest BCUT2D eigenvalue weighted by atomic mass is 10.1. The number of nitrogens with zero attached hydrogens (tertiary/aromatic N) is 1. The molecule has 1 amide bonds. The fraction of sp³-hybridized carbons (Fsp3) is 0.667. The van der Waals surface area contributed by atoms with Gasteiger partial charge in [-0.3, -0.25) is 4.90 Å². The number of ether oxygens (including phenoxy) is 2. The van der Waals surface area contributed by atoms with Gasteiger partial charge in [-0.25, -0.2) is 9.59 Å². The van der Waals surface area contributed by atoms with E-state index in [1.807, 2.05) is 30.3 Å². The molecule has 1 aromatic rings. The predicted molar refractivity (Wildman–Crippen MR) is 117 cm³/mol. The zero-order chi connectivity index (χ0) is 21.3. The number of unbranched alkanes of at least 4 members (excludes halogenated alkanes) is 9. The van der Waals surface area contributed by atoms with Crippen molar-refractivity contribution in [1.82, 2.24) is 4.90 Å². The number of likely N-dealkylation sites (N-methyl/N-ethyl adjacent to an activating group) is 1. The summed E-state index contributed by atoms with van der Waals surface area (Å²) >= 11 is 0. The van der Waals surface area contributed by atoms with Crippen LogP contribution in [-0.4, -0.2) is 36.7 Å². The topological polar surface area (TPSA) is 55.8 Å². The molecule has 29 heavy (non-hydrogen) atoms. The summed E-state index contributed by atoms with van der Waals surface area (Å²) in [4.78, 5) is 25.6. The Morgan fingerprint density at radius 3 is 2.00 bits per heavy atom. The summed E-state index contributed by atoms with van der Waals surface area (Å²) in [6.45, 7) is 4.49. The van der Waals surface area contributed by atoms with Gasteiger partial charge in [-0.2, -0.15) is 0 Å². The van der Waals surface area contributed by atoms with Crippen LogP contribution >= 0.6 is 0 Å². The highest BCUT2D eigenvalue weighted by atomic mass is 16.6. The fourth-order valence-electron chi connectivity index (χ4n) is 3.02. The van der Waals surface area contributed by atoms with E-state index in [1.165, 1.54) is 56.3 Å². The number of benzene rings is 1. The van der Waals surface area contributed by atoms with E-state index in [0.717, 1.165) is 18.4 Å². The molecule has 0 spiro atoms. The molecule has 0 aromatic heterocycles. The lowest BCUT2D eigenvalue weighted by molar-refractivity contribution is -0.148. The minimum Gasteiger partial charge on any atom is -0.464 e. The smallest absolute Gasteiger partial charge is 0.410 e. The predicted octanol–water partition coefficient (Wildman–Crippen LogP) is 6.11. The van der Waals surface area contributed by atoms with Crippen LogP contribution in [-0.2, 0) is 20.9 Å². The first kappa shape index (κ1) is 25.0. The SMILES string of the molecule is CCCCCCCCCCCCOC(=O)C(C)N(C)C(=O)OCc1ccccc1. The molecular formula is C24H39NO4. The average molecular weight is 406 g/mol. The normalized spacial score (nSPS) is 11.7. The quantitative estimate of drug-likeness (QED) is 0.261. The molecule has 1 atom stereocenters. The fourth-order valence-corrected chi connectivity index (χ4v) is 3.02. The molecule has 0 saturated heterocycles. The zero-order valence-electron chi connectivity index (χ0n) is 18.5. The summed E-state index contributed by atoms with van der Waals surface area (Å²) in [6, 6.07) is 8.79. The van der Waals surface area contributed by atoms with Crippen molar-refractivity contribution < 1.29 is 19.1 Å². The number of esters is 1. The van der Waals surface area contributed by atoms with Crippen LogP contribution in [0.1, 0.15) is 83.6 Å². The molecule has 1 unspecified atom stereocenters. The molecule has 0 N–H and O–H groups in total. The average Bonchev–Trinajstić information content (AvgIpc) is 2.75. The number of amides is 1. The van der Waals surface area contributed by atoms with E-state index >= 15 is 0 Å². The van der Waals surface area contributed by atoms with Crippen LogP contribution in [0.4, 0.5) is 4.79 Å². The third-order valence-corrected chi connectivity index (χ3v) is 5.16. The Kier molecular flexibility index (Phi) is 13.6. The van der Waals surface area contributed by atoms with Crippen molar-refractivity contribution in [2.24, 2.45) is 0 Å². The molecule has 5 heteroatoms. The second kappa shape index (κ2) is 15.8. The Bertz CT molecular complexity index is 561. The highest BCUT2D eigenvalue weighted by Crippen LogP contribution is 2.11. The minimum absolute atomic E-state index is 0.185. The lowest BCUT2D eigenvalue weighted by Crippen LogP contribution is -2.41. The molecule has 0 aliphatic heterocycles. The van der Waals surface area contributed by atoms with Gasteiger partial charge in [0.15, 0.2) is 0 Å². The van der Waals surface area contributed by atoms with Gasteiger partial charge >= 0.3 is 12.1 Å². The summed E-state index contributed by atoms with van der Waals surface area (Å²) < 4.78 is 10.6. The highest BCUT2D eigenvalue weighted by molar-refractivity contribution is 5.80.